The van der Waals surface area contributed by atoms with Crippen molar-refractivity contribution in [3.8, 4) is 0 Å². The van der Waals surface area contributed by atoms with Crippen LogP contribution >= 0.6 is 15.9 Å². The van der Waals surface area contributed by atoms with Crippen LogP contribution in [0.1, 0.15) is 37.9 Å². The molecule has 0 bridgehead atoms. The molecule has 0 radical (unpaired) electrons. The lowest BCUT2D eigenvalue weighted by molar-refractivity contribution is -0.127. The number of carbonyl (C=O) groups is 4. The first-order valence-electron chi connectivity index (χ1n) is 10.9. The maximum atomic E-state index is 13.9. The Labute approximate surface area is 203 Å². The van der Waals surface area contributed by atoms with E-state index in [0.29, 0.717) is 15.7 Å². The summed E-state index contributed by atoms with van der Waals surface area (Å²) < 4.78 is 6.84. The number of aryl methyl sites for hydroxylation is 1. The number of halogens is 1. The number of fused-ring (bicyclic) bond motifs is 3. The highest BCUT2D eigenvalue weighted by Crippen LogP contribution is 2.58. The normalized spacial score (nSPS) is 24.8. The number of hydrogen-bond donors (Lipinski definition) is 0. The summed E-state index contributed by atoms with van der Waals surface area (Å²) in [4.78, 5) is 56.3. The topological polar surface area (TPSA) is 80.8 Å². The van der Waals surface area contributed by atoms with Gasteiger partial charge in [0, 0.05) is 15.6 Å². The summed E-state index contributed by atoms with van der Waals surface area (Å²) in [6.07, 6.45) is -0.918. The van der Waals surface area contributed by atoms with Crippen LogP contribution < -0.4 is 4.90 Å². The number of ketones is 2. The zero-order valence-corrected chi connectivity index (χ0v) is 19.6. The standard InChI is InChI=1S/C27H18BrNO5/c1-14-11-12-19(18(28)13-14)29-25(32)20-21(26(29)33)27(34-22(20)15-7-3-2-4-8-15)23(30)16-9-5-6-10-17(16)24(27)31/h2-13,20-22H,1H3/t20-,21+,22+/m0/s1. The number of nitrogens with zero attached hydrogens (tertiary/aromatic N) is 1. The molecule has 0 saturated carbocycles. The van der Waals surface area contributed by atoms with Gasteiger partial charge in [-0.3, -0.25) is 19.2 Å². The minimum absolute atomic E-state index is 0.218. The molecule has 2 aliphatic heterocycles. The van der Waals surface area contributed by atoms with Gasteiger partial charge in [-0.2, -0.15) is 0 Å². The lowest BCUT2D eigenvalue weighted by Gasteiger charge is -2.27. The SMILES string of the molecule is Cc1ccc(N2C(=O)[C@@H]3[C@@H](c4ccccc4)OC4(C(=O)c5ccccc5C4=O)[C@H]3C2=O)c(Br)c1. The number of benzene rings is 3. The molecule has 7 heteroatoms. The lowest BCUT2D eigenvalue weighted by Crippen LogP contribution is -2.51. The van der Waals surface area contributed by atoms with E-state index >= 15 is 0 Å². The number of rotatable bonds is 2. The number of ether oxygens (including phenoxy) is 1. The van der Waals surface area contributed by atoms with Crippen LogP contribution in [0.25, 0.3) is 0 Å². The molecule has 3 aromatic carbocycles. The number of imide groups is 1. The minimum Gasteiger partial charge on any atom is -0.349 e. The molecule has 3 aliphatic rings. The molecule has 6 nitrogen and oxygen atoms in total. The molecule has 1 spiro atoms. The van der Waals surface area contributed by atoms with Gasteiger partial charge in [0.2, 0.25) is 29.0 Å². The Morgan fingerprint density at radius 3 is 2.06 bits per heavy atom. The highest BCUT2D eigenvalue weighted by molar-refractivity contribution is 9.10. The molecule has 2 fully saturated rings. The van der Waals surface area contributed by atoms with Gasteiger partial charge < -0.3 is 4.74 Å². The predicted molar refractivity (Wildman–Crippen MR) is 126 cm³/mol. The summed E-state index contributed by atoms with van der Waals surface area (Å²) in [6, 6.07) is 20.7. The van der Waals surface area contributed by atoms with Gasteiger partial charge in [0.25, 0.3) is 0 Å². The number of Topliss-reactive ketones (excluding diaryl/α,β-unsaturated/α-hetero) is 2. The highest BCUT2D eigenvalue weighted by Gasteiger charge is 2.74. The predicted octanol–water partition coefficient (Wildman–Crippen LogP) is 4.45. The largest absolute Gasteiger partial charge is 0.349 e. The Bertz CT molecular complexity index is 1380. The maximum Gasteiger partial charge on any atom is 0.241 e. The monoisotopic (exact) mass is 515 g/mol. The minimum atomic E-state index is -2.06. The smallest absolute Gasteiger partial charge is 0.241 e. The molecular weight excluding hydrogens is 498 g/mol. The van der Waals surface area contributed by atoms with E-state index in [2.05, 4.69) is 15.9 Å². The first-order chi connectivity index (χ1) is 16.4. The number of hydrogen-bond acceptors (Lipinski definition) is 5. The van der Waals surface area contributed by atoms with Crippen LogP contribution in [0.4, 0.5) is 5.69 Å². The van der Waals surface area contributed by atoms with E-state index in [0.717, 1.165) is 10.5 Å². The van der Waals surface area contributed by atoms with Crippen LogP contribution in [0.3, 0.4) is 0 Å². The van der Waals surface area contributed by atoms with E-state index in [9.17, 15) is 19.2 Å². The molecule has 3 atom stereocenters. The average Bonchev–Trinajstić information content (AvgIpc) is 3.40. The van der Waals surface area contributed by atoms with Crippen LogP contribution in [0, 0.1) is 18.8 Å². The van der Waals surface area contributed by atoms with Gasteiger partial charge in [-0.15, -0.1) is 0 Å². The Kier molecular flexibility index (Phi) is 4.53. The molecule has 0 unspecified atom stereocenters. The van der Waals surface area contributed by atoms with E-state index in [1.54, 1.807) is 60.7 Å². The van der Waals surface area contributed by atoms with E-state index in [1.807, 2.05) is 19.1 Å². The van der Waals surface area contributed by atoms with Gasteiger partial charge in [0.05, 0.1) is 23.6 Å². The van der Waals surface area contributed by atoms with Crippen LogP contribution in [0.15, 0.2) is 77.3 Å². The lowest BCUT2D eigenvalue weighted by atomic mass is 9.77. The Hall–Kier alpha value is -3.42. The van der Waals surface area contributed by atoms with Crippen molar-refractivity contribution in [3.05, 3.63) is 99.5 Å². The van der Waals surface area contributed by atoms with Crippen molar-refractivity contribution in [2.24, 2.45) is 11.8 Å². The summed E-state index contributed by atoms with van der Waals surface area (Å²) in [7, 11) is 0. The first-order valence-corrected chi connectivity index (χ1v) is 11.7. The molecule has 168 valence electrons. The third kappa shape index (κ3) is 2.59. The zero-order chi connectivity index (χ0) is 23.8. The van der Waals surface area contributed by atoms with Crippen LogP contribution in [0.5, 0.6) is 0 Å². The Morgan fingerprint density at radius 1 is 0.824 bits per heavy atom. The summed E-state index contributed by atoms with van der Waals surface area (Å²) in [5, 5.41) is 0. The summed E-state index contributed by atoms with van der Waals surface area (Å²) in [5.41, 5.74) is 0.344. The van der Waals surface area contributed by atoms with Crippen molar-refractivity contribution in [2.45, 2.75) is 18.6 Å². The van der Waals surface area contributed by atoms with Gasteiger partial charge >= 0.3 is 0 Å². The van der Waals surface area contributed by atoms with Gasteiger partial charge in [-0.25, -0.2) is 4.90 Å². The van der Waals surface area contributed by atoms with Crippen molar-refractivity contribution in [1.29, 1.82) is 0 Å². The van der Waals surface area contributed by atoms with E-state index < -0.39 is 46.9 Å². The van der Waals surface area contributed by atoms with Crippen LogP contribution in [0.2, 0.25) is 0 Å². The molecule has 0 aromatic heterocycles. The summed E-state index contributed by atoms with van der Waals surface area (Å²) >= 11 is 3.46. The van der Waals surface area contributed by atoms with Gasteiger partial charge in [-0.1, -0.05) is 60.7 Å². The van der Waals surface area contributed by atoms with Gasteiger partial charge in [0.15, 0.2) is 0 Å². The molecular formula is C27H18BrNO5. The molecule has 2 heterocycles. The van der Waals surface area contributed by atoms with Crippen LogP contribution in [-0.4, -0.2) is 29.0 Å². The molecule has 0 N–H and O–H groups in total. The first kappa shape index (κ1) is 21.1. The second-order valence-corrected chi connectivity index (χ2v) is 9.71. The van der Waals surface area contributed by atoms with Crippen LogP contribution in [-0.2, 0) is 14.3 Å². The molecule has 2 saturated heterocycles. The third-order valence-corrected chi connectivity index (χ3v) is 7.63. The average molecular weight is 516 g/mol. The zero-order valence-electron chi connectivity index (χ0n) is 18.0. The Balaban J connectivity index is 1.56. The quantitative estimate of drug-likeness (QED) is 0.372. The fourth-order valence-electron chi connectivity index (χ4n) is 5.49. The molecule has 6 rings (SSSR count). The molecule has 34 heavy (non-hydrogen) atoms. The van der Waals surface area contributed by atoms with Gasteiger partial charge in [-0.05, 0) is 46.1 Å². The maximum absolute atomic E-state index is 13.9. The number of carbonyl (C=O) groups excluding carboxylic acids is 4. The fourth-order valence-corrected chi connectivity index (χ4v) is 6.16. The fraction of sp³-hybridized carbons (Fsp3) is 0.185. The van der Waals surface area contributed by atoms with E-state index in [1.165, 1.54) is 0 Å². The summed E-state index contributed by atoms with van der Waals surface area (Å²) in [6.45, 7) is 1.90. The van der Waals surface area contributed by atoms with E-state index in [4.69, 9.17) is 4.74 Å². The highest BCUT2D eigenvalue weighted by atomic mass is 79.9. The van der Waals surface area contributed by atoms with Crippen molar-refractivity contribution in [2.75, 3.05) is 4.90 Å². The van der Waals surface area contributed by atoms with E-state index in [-0.39, 0.29) is 11.1 Å². The molecule has 3 aromatic rings. The second kappa shape index (κ2) is 7.29. The number of amides is 2. The molecule has 1 aliphatic carbocycles. The van der Waals surface area contributed by atoms with Gasteiger partial charge in [0.1, 0.15) is 0 Å². The number of anilines is 1. The third-order valence-electron chi connectivity index (χ3n) is 6.99. The molecule has 2 amide bonds. The Morgan fingerprint density at radius 2 is 1.44 bits per heavy atom. The second-order valence-electron chi connectivity index (χ2n) is 8.86. The van der Waals surface area contributed by atoms with Crippen molar-refractivity contribution in [3.63, 3.8) is 0 Å². The summed E-state index contributed by atoms with van der Waals surface area (Å²) in [5.74, 6) is -4.48. The van der Waals surface area contributed by atoms with Crippen molar-refractivity contribution >= 4 is 45.0 Å². The van der Waals surface area contributed by atoms with Crippen molar-refractivity contribution < 1.29 is 23.9 Å². The van der Waals surface area contributed by atoms with Crippen molar-refractivity contribution in [1.82, 2.24) is 0 Å².